The maximum atomic E-state index is 11.4. The summed E-state index contributed by atoms with van der Waals surface area (Å²) in [4.78, 5) is 21.9. The molecule has 0 aromatic heterocycles. The lowest BCUT2D eigenvalue weighted by atomic mass is 9.95. The number of rotatable bonds is 3. The fourth-order valence-corrected chi connectivity index (χ4v) is 0.713. The number of amides is 1. The maximum Gasteiger partial charge on any atom is 0.326 e. The predicted molar refractivity (Wildman–Crippen MR) is 49.3 cm³/mol. The van der Waals surface area contributed by atoms with Gasteiger partial charge in [-0.15, -0.1) is 0 Å². The van der Waals surface area contributed by atoms with E-state index in [0.717, 1.165) is 0 Å². The number of carboxylic acid groups (broad SMARTS) is 1. The van der Waals surface area contributed by atoms with E-state index >= 15 is 0 Å². The summed E-state index contributed by atoms with van der Waals surface area (Å²) >= 11 is 0. The monoisotopic (exact) mass is 187 g/mol. The van der Waals surface area contributed by atoms with Gasteiger partial charge in [0.1, 0.15) is 6.04 Å². The van der Waals surface area contributed by atoms with E-state index in [4.69, 9.17) is 5.11 Å². The normalized spacial score (nSPS) is 13.5. The molecule has 0 heterocycles. The van der Waals surface area contributed by atoms with Crippen LogP contribution in [-0.2, 0) is 9.59 Å². The largest absolute Gasteiger partial charge is 0.480 e. The average Bonchev–Trinajstić information content (AvgIpc) is 1.96. The van der Waals surface area contributed by atoms with Crippen molar-refractivity contribution in [2.75, 3.05) is 0 Å². The van der Waals surface area contributed by atoms with Crippen LogP contribution >= 0.6 is 0 Å². The van der Waals surface area contributed by atoms with E-state index < -0.39 is 17.4 Å². The molecule has 0 fully saturated rings. The third-order valence-electron chi connectivity index (χ3n) is 1.69. The van der Waals surface area contributed by atoms with Crippen molar-refractivity contribution < 1.29 is 14.7 Å². The Kier molecular flexibility index (Phi) is 3.91. The molecule has 0 rings (SSSR count). The van der Waals surface area contributed by atoms with Crippen molar-refractivity contribution in [1.82, 2.24) is 5.32 Å². The summed E-state index contributed by atoms with van der Waals surface area (Å²) in [5.74, 6) is -1.22. The summed E-state index contributed by atoms with van der Waals surface area (Å²) in [7, 11) is 0. The zero-order valence-corrected chi connectivity index (χ0v) is 8.55. The van der Waals surface area contributed by atoms with Crippen LogP contribution in [0.25, 0.3) is 0 Å². The van der Waals surface area contributed by atoms with Gasteiger partial charge in [0.05, 0.1) is 0 Å². The smallest absolute Gasteiger partial charge is 0.326 e. The lowest BCUT2D eigenvalue weighted by Gasteiger charge is -2.20. The Labute approximate surface area is 78.3 Å². The minimum absolute atomic E-state index is 0.234. The summed E-state index contributed by atoms with van der Waals surface area (Å²) in [6.07, 6.45) is 0.400. The van der Waals surface area contributed by atoms with Gasteiger partial charge in [-0.2, -0.15) is 0 Å². The Hall–Kier alpha value is -1.06. The molecule has 76 valence electrons. The Morgan fingerprint density at radius 1 is 1.38 bits per heavy atom. The summed E-state index contributed by atoms with van der Waals surface area (Å²) < 4.78 is 0. The predicted octanol–water partition coefficient (Wildman–Crippen LogP) is 1.01. The highest BCUT2D eigenvalue weighted by atomic mass is 16.4. The fraction of sp³-hybridized carbons (Fsp3) is 0.778. The van der Waals surface area contributed by atoms with Gasteiger partial charge in [0.15, 0.2) is 0 Å². The van der Waals surface area contributed by atoms with Crippen LogP contribution in [-0.4, -0.2) is 23.0 Å². The summed E-state index contributed by atoms with van der Waals surface area (Å²) in [6, 6.07) is -0.772. The molecule has 1 unspecified atom stereocenters. The second-order valence-electron chi connectivity index (χ2n) is 4.02. The Morgan fingerprint density at radius 3 is 2.08 bits per heavy atom. The van der Waals surface area contributed by atoms with Crippen molar-refractivity contribution in [2.45, 2.75) is 40.2 Å². The van der Waals surface area contributed by atoms with Gasteiger partial charge in [-0.3, -0.25) is 4.79 Å². The molecule has 1 amide bonds. The van der Waals surface area contributed by atoms with E-state index in [9.17, 15) is 9.59 Å². The molecule has 2 N–H and O–H groups in total. The molecule has 4 heteroatoms. The quantitative estimate of drug-likeness (QED) is 0.693. The number of nitrogens with one attached hydrogen (secondary N) is 1. The van der Waals surface area contributed by atoms with E-state index in [2.05, 4.69) is 5.32 Å². The minimum atomic E-state index is -0.986. The Morgan fingerprint density at radius 2 is 1.85 bits per heavy atom. The molecule has 1 atom stereocenters. The van der Waals surface area contributed by atoms with Crippen LogP contribution in [0.4, 0.5) is 0 Å². The summed E-state index contributed by atoms with van der Waals surface area (Å²) in [5, 5.41) is 11.1. The molecule has 0 radical (unpaired) electrons. The molecule has 0 aromatic rings. The first-order chi connectivity index (χ1) is 5.79. The van der Waals surface area contributed by atoms with Gasteiger partial charge in [0.25, 0.3) is 0 Å². The second-order valence-corrected chi connectivity index (χ2v) is 4.02. The fourth-order valence-electron chi connectivity index (χ4n) is 0.713. The van der Waals surface area contributed by atoms with E-state index in [1.165, 1.54) is 0 Å². The molecule has 0 aromatic carbocycles. The molecule has 13 heavy (non-hydrogen) atoms. The van der Waals surface area contributed by atoms with Crippen molar-refractivity contribution in [3.8, 4) is 0 Å². The van der Waals surface area contributed by atoms with E-state index in [1.54, 1.807) is 27.7 Å². The number of aliphatic carboxylic acids is 1. The third kappa shape index (κ3) is 3.92. The first-order valence-corrected chi connectivity index (χ1v) is 4.32. The number of carbonyl (C=O) groups is 2. The van der Waals surface area contributed by atoms with Crippen molar-refractivity contribution >= 4 is 11.9 Å². The molecule has 0 aliphatic rings. The molecule has 4 nitrogen and oxygen atoms in total. The van der Waals surface area contributed by atoms with Crippen LogP contribution in [0.15, 0.2) is 0 Å². The van der Waals surface area contributed by atoms with Crippen molar-refractivity contribution in [3.05, 3.63) is 0 Å². The number of hydrogen-bond acceptors (Lipinski definition) is 2. The Balaban J connectivity index is 4.26. The van der Waals surface area contributed by atoms with E-state index in [-0.39, 0.29) is 5.91 Å². The highest BCUT2D eigenvalue weighted by Gasteiger charge is 2.25. The zero-order chi connectivity index (χ0) is 10.6. The van der Waals surface area contributed by atoms with Gasteiger partial charge in [0, 0.05) is 5.41 Å². The van der Waals surface area contributed by atoms with Gasteiger partial charge in [-0.1, -0.05) is 27.7 Å². The van der Waals surface area contributed by atoms with Crippen LogP contribution in [0.2, 0.25) is 0 Å². The number of carboxylic acids is 1. The third-order valence-corrected chi connectivity index (χ3v) is 1.69. The molecule has 0 bridgehead atoms. The number of hydrogen-bond donors (Lipinski definition) is 2. The van der Waals surface area contributed by atoms with Crippen LogP contribution in [0, 0.1) is 5.41 Å². The zero-order valence-electron chi connectivity index (χ0n) is 8.55. The van der Waals surface area contributed by atoms with Crippen molar-refractivity contribution in [1.29, 1.82) is 0 Å². The minimum Gasteiger partial charge on any atom is -0.480 e. The maximum absolute atomic E-state index is 11.4. The highest BCUT2D eigenvalue weighted by molar-refractivity contribution is 5.86. The van der Waals surface area contributed by atoms with Crippen LogP contribution in [0.1, 0.15) is 34.1 Å². The van der Waals surface area contributed by atoms with Gasteiger partial charge < -0.3 is 10.4 Å². The topological polar surface area (TPSA) is 66.4 Å². The SMILES string of the molecule is CCC(NC(=O)C(C)(C)C)C(=O)O. The molecule has 0 saturated carbocycles. The van der Waals surface area contributed by atoms with Gasteiger partial charge in [0.2, 0.25) is 5.91 Å². The molecular formula is C9H17NO3. The van der Waals surface area contributed by atoms with Gasteiger partial charge >= 0.3 is 5.97 Å². The molecule has 0 spiro atoms. The first-order valence-electron chi connectivity index (χ1n) is 4.32. The second kappa shape index (κ2) is 4.25. The highest BCUT2D eigenvalue weighted by Crippen LogP contribution is 2.13. The van der Waals surface area contributed by atoms with Crippen LogP contribution < -0.4 is 5.32 Å². The Bertz CT molecular complexity index is 205. The summed E-state index contributed by atoms with van der Waals surface area (Å²) in [6.45, 7) is 6.96. The molecule has 0 saturated heterocycles. The molecule has 0 aliphatic carbocycles. The molecular weight excluding hydrogens is 170 g/mol. The van der Waals surface area contributed by atoms with Crippen molar-refractivity contribution in [2.24, 2.45) is 5.41 Å². The van der Waals surface area contributed by atoms with E-state index in [0.29, 0.717) is 6.42 Å². The van der Waals surface area contributed by atoms with Crippen LogP contribution in [0.3, 0.4) is 0 Å². The average molecular weight is 187 g/mol. The molecule has 0 aliphatic heterocycles. The number of carbonyl (C=O) groups excluding carboxylic acids is 1. The first kappa shape index (κ1) is 11.9. The van der Waals surface area contributed by atoms with Gasteiger partial charge in [-0.05, 0) is 6.42 Å². The standard InChI is InChI=1S/C9H17NO3/c1-5-6(7(11)12)10-8(13)9(2,3)4/h6H,5H2,1-4H3,(H,10,13)(H,11,12). The van der Waals surface area contributed by atoms with E-state index in [1.807, 2.05) is 0 Å². The summed E-state index contributed by atoms with van der Waals surface area (Å²) in [5.41, 5.74) is -0.539. The lowest BCUT2D eigenvalue weighted by molar-refractivity contribution is -0.143. The lowest BCUT2D eigenvalue weighted by Crippen LogP contribution is -2.45. The van der Waals surface area contributed by atoms with Crippen molar-refractivity contribution in [3.63, 3.8) is 0 Å². The van der Waals surface area contributed by atoms with Crippen LogP contribution in [0.5, 0.6) is 0 Å². The van der Waals surface area contributed by atoms with Gasteiger partial charge in [-0.25, -0.2) is 4.79 Å².